The summed E-state index contributed by atoms with van der Waals surface area (Å²) in [6.45, 7) is 0. The van der Waals surface area contributed by atoms with Gasteiger partial charge in [0.2, 0.25) is 0 Å². The SMILES string of the molecule is COc1ccc(N(c2ccc(C=O)cc2)c2ccccc2CCc2ccccc2N(c2ccc(C=O)cc2)c2ccc(OC)cc2)cc1. The molecule has 6 aromatic rings. The Morgan fingerprint density at radius 1 is 0.438 bits per heavy atom. The van der Waals surface area contributed by atoms with Crippen molar-refractivity contribution in [3.8, 4) is 11.5 Å². The molecule has 0 N–H and O–H groups in total. The Hall–Kier alpha value is -6.14. The largest absolute Gasteiger partial charge is 0.497 e. The lowest BCUT2D eigenvalue weighted by molar-refractivity contribution is 0.111. The van der Waals surface area contributed by atoms with Crippen molar-refractivity contribution >= 4 is 46.7 Å². The van der Waals surface area contributed by atoms with Gasteiger partial charge in [-0.15, -0.1) is 0 Å². The van der Waals surface area contributed by atoms with Crippen molar-refractivity contribution in [2.75, 3.05) is 24.0 Å². The Labute approximate surface area is 281 Å². The minimum absolute atomic E-state index is 0.625. The molecule has 0 amide bonds. The van der Waals surface area contributed by atoms with Crippen molar-refractivity contribution in [2.24, 2.45) is 0 Å². The number of aldehydes is 2. The highest BCUT2D eigenvalue weighted by Gasteiger charge is 2.19. The monoisotopic (exact) mass is 632 g/mol. The minimum atomic E-state index is 0.625. The van der Waals surface area contributed by atoms with E-state index >= 15 is 0 Å². The van der Waals surface area contributed by atoms with Crippen LogP contribution in [0.15, 0.2) is 146 Å². The Morgan fingerprint density at radius 2 is 0.750 bits per heavy atom. The topological polar surface area (TPSA) is 59.1 Å². The van der Waals surface area contributed by atoms with Crippen LogP contribution in [0.1, 0.15) is 31.8 Å². The summed E-state index contributed by atoms with van der Waals surface area (Å²) >= 11 is 0. The molecular weight excluding hydrogens is 596 g/mol. The van der Waals surface area contributed by atoms with Gasteiger partial charge in [-0.2, -0.15) is 0 Å². The third kappa shape index (κ3) is 6.98. The molecule has 0 radical (unpaired) electrons. The molecule has 0 aliphatic carbocycles. The van der Waals surface area contributed by atoms with Crippen LogP contribution >= 0.6 is 0 Å². The Kier molecular flexibility index (Phi) is 9.92. The second-order valence-corrected chi connectivity index (χ2v) is 11.2. The van der Waals surface area contributed by atoms with Crippen LogP contribution in [0.5, 0.6) is 11.5 Å². The number of carbonyl (C=O) groups is 2. The van der Waals surface area contributed by atoms with E-state index in [2.05, 4.69) is 58.3 Å². The van der Waals surface area contributed by atoms with Crippen molar-refractivity contribution < 1.29 is 19.1 Å². The quantitative estimate of drug-likeness (QED) is 0.118. The van der Waals surface area contributed by atoms with E-state index in [9.17, 15) is 9.59 Å². The fraction of sp³-hybridized carbons (Fsp3) is 0.0952. The van der Waals surface area contributed by atoms with Gasteiger partial charge in [0.05, 0.1) is 14.2 Å². The molecule has 6 aromatic carbocycles. The molecule has 6 nitrogen and oxygen atoms in total. The van der Waals surface area contributed by atoms with Gasteiger partial charge < -0.3 is 19.3 Å². The first-order valence-electron chi connectivity index (χ1n) is 15.8. The lowest BCUT2D eigenvalue weighted by atomic mass is 9.99. The second kappa shape index (κ2) is 15.0. The van der Waals surface area contributed by atoms with Crippen LogP contribution in [0.2, 0.25) is 0 Å². The predicted molar refractivity (Wildman–Crippen MR) is 194 cm³/mol. The van der Waals surface area contributed by atoms with Crippen LogP contribution in [0.25, 0.3) is 0 Å². The average molecular weight is 633 g/mol. The number of carbonyl (C=O) groups excluding carboxylic acids is 2. The number of benzene rings is 6. The van der Waals surface area contributed by atoms with Gasteiger partial charge in [0.25, 0.3) is 0 Å². The molecule has 0 aliphatic heterocycles. The van der Waals surface area contributed by atoms with Crippen molar-refractivity contribution in [3.63, 3.8) is 0 Å². The normalized spacial score (nSPS) is 10.6. The fourth-order valence-electron chi connectivity index (χ4n) is 5.87. The number of anilines is 6. The number of rotatable bonds is 13. The van der Waals surface area contributed by atoms with Crippen molar-refractivity contribution in [1.82, 2.24) is 0 Å². The van der Waals surface area contributed by atoms with Crippen molar-refractivity contribution in [2.45, 2.75) is 12.8 Å². The molecule has 0 saturated carbocycles. The summed E-state index contributed by atoms with van der Waals surface area (Å²) in [6.07, 6.45) is 3.26. The number of ether oxygens (including phenoxy) is 2. The number of methoxy groups -OCH3 is 2. The lowest BCUT2D eigenvalue weighted by Gasteiger charge is -2.29. The number of hydrogen-bond acceptors (Lipinski definition) is 6. The highest BCUT2D eigenvalue weighted by atomic mass is 16.5. The number of para-hydroxylation sites is 2. The smallest absolute Gasteiger partial charge is 0.150 e. The third-order valence-corrected chi connectivity index (χ3v) is 8.36. The summed E-state index contributed by atoms with van der Waals surface area (Å²) in [5.41, 5.74) is 9.56. The zero-order valence-electron chi connectivity index (χ0n) is 27.0. The maximum atomic E-state index is 11.4. The molecule has 0 unspecified atom stereocenters. The maximum Gasteiger partial charge on any atom is 0.150 e. The first-order valence-corrected chi connectivity index (χ1v) is 15.8. The summed E-state index contributed by atoms with van der Waals surface area (Å²) in [4.78, 5) is 27.3. The molecule has 0 atom stereocenters. The van der Waals surface area contributed by atoms with Crippen LogP contribution in [-0.4, -0.2) is 26.8 Å². The fourth-order valence-corrected chi connectivity index (χ4v) is 5.87. The summed E-state index contributed by atoms with van der Waals surface area (Å²) in [7, 11) is 3.32. The molecule has 0 saturated heterocycles. The standard InChI is InChI=1S/C42H36N2O4/c1-47-39-25-21-37(22-26-39)43(35-17-11-31(29-45)12-18-35)41-9-5-3-7-33(41)15-16-34-8-4-6-10-42(34)44(36-19-13-32(30-46)14-20-36)38-23-27-40(48-2)28-24-38/h3-14,17-30H,15-16H2,1-2H3. The molecule has 6 heteroatoms. The van der Waals surface area contributed by atoms with Gasteiger partial charge in [-0.1, -0.05) is 36.4 Å². The first kappa shape index (κ1) is 31.8. The van der Waals surface area contributed by atoms with Gasteiger partial charge >= 0.3 is 0 Å². The molecular formula is C42H36N2O4. The third-order valence-electron chi connectivity index (χ3n) is 8.36. The van der Waals surface area contributed by atoms with Crippen LogP contribution in [0.3, 0.4) is 0 Å². The summed E-state index contributed by atoms with van der Waals surface area (Å²) in [6, 6.07) is 48.1. The van der Waals surface area contributed by atoms with Gasteiger partial charge in [0.15, 0.2) is 0 Å². The van der Waals surface area contributed by atoms with Gasteiger partial charge in [-0.05, 0) is 133 Å². The highest BCUT2D eigenvalue weighted by molar-refractivity contribution is 5.83. The van der Waals surface area contributed by atoms with E-state index in [4.69, 9.17) is 9.47 Å². The second-order valence-electron chi connectivity index (χ2n) is 11.2. The van der Waals surface area contributed by atoms with E-state index in [0.29, 0.717) is 11.1 Å². The molecule has 0 bridgehead atoms. The molecule has 0 heterocycles. The highest BCUT2D eigenvalue weighted by Crippen LogP contribution is 2.40. The minimum Gasteiger partial charge on any atom is -0.497 e. The van der Waals surface area contributed by atoms with E-state index in [-0.39, 0.29) is 0 Å². The zero-order chi connectivity index (χ0) is 33.3. The van der Waals surface area contributed by atoms with Gasteiger partial charge in [-0.3, -0.25) is 9.59 Å². The van der Waals surface area contributed by atoms with Gasteiger partial charge in [0, 0.05) is 45.3 Å². The van der Waals surface area contributed by atoms with E-state index in [1.54, 1.807) is 14.2 Å². The number of nitrogens with zero attached hydrogens (tertiary/aromatic N) is 2. The lowest BCUT2D eigenvalue weighted by Crippen LogP contribution is -2.14. The average Bonchev–Trinajstić information content (AvgIpc) is 3.16. The van der Waals surface area contributed by atoms with E-state index in [1.807, 2.05) is 97.1 Å². The Morgan fingerprint density at radius 3 is 1.06 bits per heavy atom. The molecule has 0 aliphatic rings. The van der Waals surface area contributed by atoms with E-state index < -0.39 is 0 Å². The summed E-state index contributed by atoms with van der Waals surface area (Å²) in [5.74, 6) is 1.56. The molecule has 0 aromatic heterocycles. The van der Waals surface area contributed by atoms with Crippen LogP contribution in [0, 0.1) is 0 Å². The number of aryl methyl sites for hydroxylation is 2. The molecule has 0 fully saturated rings. The zero-order valence-corrected chi connectivity index (χ0v) is 27.0. The predicted octanol–water partition coefficient (Wildman–Crippen LogP) is 10.1. The summed E-state index contributed by atoms with van der Waals surface area (Å²) < 4.78 is 10.9. The number of hydrogen-bond donors (Lipinski definition) is 0. The maximum absolute atomic E-state index is 11.4. The van der Waals surface area contributed by atoms with Gasteiger partial charge in [0.1, 0.15) is 24.1 Å². The summed E-state index contributed by atoms with van der Waals surface area (Å²) in [5, 5.41) is 0. The Balaban J connectivity index is 1.38. The Bertz CT molecular complexity index is 1820. The van der Waals surface area contributed by atoms with Crippen LogP contribution < -0.4 is 19.3 Å². The molecule has 6 rings (SSSR count). The van der Waals surface area contributed by atoms with Crippen LogP contribution in [0.4, 0.5) is 34.1 Å². The van der Waals surface area contributed by atoms with Crippen LogP contribution in [-0.2, 0) is 12.8 Å². The molecule has 238 valence electrons. The van der Waals surface area contributed by atoms with Crippen molar-refractivity contribution in [1.29, 1.82) is 0 Å². The van der Waals surface area contributed by atoms with E-state index in [1.165, 1.54) is 11.1 Å². The first-order chi connectivity index (χ1) is 23.6. The van der Waals surface area contributed by atoms with Crippen molar-refractivity contribution in [3.05, 3.63) is 168 Å². The van der Waals surface area contributed by atoms with E-state index in [0.717, 1.165) is 71.0 Å². The molecule has 0 spiro atoms. The van der Waals surface area contributed by atoms with Gasteiger partial charge in [-0.25, -0.2) is 0 Å². The molecule has 48 heavy (non-hydrogen) atoms.